The summed E-state index contributed by atoms with van der Waals surface area (Å²) in [5.74, 6) is 0.834. The molecule has 0 aliphatic carbocycles. The molecule has 0 bridgehead atoms. The molecule has 23 heavy (non-hydrogen) atoms. The number of nitrogens with zero attached hydrogens (tertiary/aromatic N) is 3. The first-order chi connectivity index (χ1) is 11.1. The molecule has 2 amide bonds. The molecule has 3 heterocycles. The second-order valence-corrected chi connectivity index (χ2v) is 6.47. The fraction of sp³-hybridized carbons (Fsp3) is 0.667. The van der Waals surface area contributed by atoms with E-state index >= 15 is 0 Å². The molecule has 0 saturated carbocycles. The molecule has 2 N–H and O–H groups in total. The van der Waals surface area contributed by atoms with E-state index in [0.29, 0.717) is 24.8 Å². The monoisotopic (exact) mass is 339 g/mol. The van der Waals surface area contributed by atoms with Crippen LogP contribution in [0.4, 0.5) is 0 Å². The van der Waals surface area contributed by atoms with E-state index in [1.54, 1.807) is 4.90 Å². The lowest BCUT2D eigenvalue weighted by molar-refractivity contribution is -0.149. The molecular formula is C15H22ClN5O2. The van der Waals surface area contributed by atoms with Gasteiger partial charge in [-0.15, -0.1) is 0 Å². The Kier molecular flexibility index (Phi) is 4.87. The summed E-state index contributed by atoms with van der Waals surface area (Å²) in [4.78, 5) is 35.3. The molecule has 2 aliphatic rings. The zero-order valence-corrected chi connectivity index (χ0v) is 14.0. The Morgan fingerprint density at radius 2 is 2.17 bits per heavy atom. The van der Waals surface area contributed by atoms with Crippen molar-refractivity contribution in [3.05, 3.63) is 16.7 Å². The van der Waals surface area contributed by atoms with Gasteiger partial charge in [-0.2, -0.15) is 0 Å². The van der Waals surface area contributed by atoms with Gasteiger partial charge in [0.1, 0.15) is 11.9 Å². The number of hydrogen-bond donors (Lipinski definition) is 2. The Morgan fingerprint density at radius 3 is 2.96 bits per heavy atom. The van der Waals surface area contributed by atoms with Crippen molar-refractivity contribution in [3.63, 3.8) is 0 Å². The van der Waals surface area contributed by atoms with E-state index in [2.05, 4.69) is 27.1 Å². The third-order valence-electron chi connectivity index (χ3n) is 4.43. The van der Waals surface area contributed by atoms with Crippen LogP contribution in [0.25, 0.3) is 0 Å². The fourth-order valence-electron chi connectivity index (χ4n) is 3.12. The van der Waals surface area contributed by atoms with E-state index in [4.69, 9.17) is 11.6 Å². The van der Waals surface area contributed by atoms with Crippen LogP contribution in [-0.4, -0.2) is 63.8 Å². The lowest BCUT2D eigenvalue weighted by Crippen LogP contribution is -2.65. The van der Waals surface area contributed by atoms with E-state index in [0.717, 1.165) is 37.3 Å². The van der Waals surface area contributed by atoms with Gasteiger partial charge in [0.15, 0.2) is 5.15 Å². The number of unbranched alkanes of at least 4 members (excludes halogenated alkanes) is 1. The number of hydrogen-bond acceptors (Lipinski definition) is 4. The number of fused-ring (bicyclic) bond motifs is 1. The Labute approximate surface area is 140 Å². The Hall–Kier alpha value is -1.60. The fourth-order valence-corrected chi connectivity index (χ4v) is 3.33. The van der Waals surface area contributed by atoms with Crippen LogP contribution < -0.4 is 5.32 Å². The van der Waals surface area contributed by atoms with Gasteiger partial charge in [0.25, 0.3) is 0 Å². The maximum atomic E-state index is 12.0. The number of aromatic amines is 1. The highest BCUT2D eigenvalue weighted by Gasteiger charge is 2.38. The van der Waals surface area contributed by atoms with Crippen molar-refractivity contribution in [3.8, 4) is 0 Å². The van der Waals surface area contributed by atoms with Crippen molar-refractivity contribution in [1.82, 2.24) is 25.1 Å². The molecule has 0 spiro atoms. The summed E-state index contributed by atoms with van der Waals surface area (Å²) >= 11 is 6.22. The molecule has 2 aliphatic heterocycles. The number of nitrogens with one attached hydrogen (secondary N) is 2. The third kappa shape index (κ3) is 3.50. The van der Waals surface area contributed by atoms with Gasteiger partial charge in [-0.05, 0) is 6.42 Å². The van der Waals surface area contributed by atoms with Gasteiger partial charge in [0.05, 0.1) is 12.2 Å². The van der Waals surface area contributed by atoms with Crippen LogP contribution in [0.1, 0.15) is 31.3 Å². The second kappa shape index (κ2) is 6.88. The zero-order chi connectivity index (χ0) is 16.4. The lowest BCUT2D eigenvalue weighted by atomic mass is 10.1. The zero-order valence-electron chi connectivity index (χ0n) is 13.3. The summed E-state index contributed by atoms with van der Waals surface area (Å²) in [6, 6.07) is -0.397. The average Bonchev–Trinajstić information content (AvgIpc) is 2.89. The largest absolute Gasteiger partial charge is 0.345 e. The minimum absolute atomic E-state index is 0.00401. The second-order valence-electron chi connectivity index (χ2n) is 6.11. The summed E-state index contributed by atoms with van der Waals surface area (Å²) in [6.07, 6.45) is 3.08. The maximum absolute atomic E-state index is 12.0. The summed E-state index contributed by atoms with van der Waals surface area (Å²) in [6.45, 7) is 4.70. The molecule has 2 saturated heterocycles. The molecule has 0 unspecified atom stereocenters. The Balaban J connectivity index is 1.64. The van der Waals surface area contributed by atoms with Gasteiger partial charge >= 0.3 is 0 Å². The van der Waals surface area contributed by atoms with E-state index < -0.39 is 6.04 Å². The summed E-state index contributed by atoms with van der Waals surface area (Å²) in [7, 11) is 0. The van der Waals surface area contributed by atoms with Crippen LogP contribution >= 0.6 is 11.6 Å². The highest BCUT2D eigenvalue weighted by Crippen LogP contribution is 2.19. The van der Waals surface area contributed by atoms with Gasteiger partial charge in [0.2, 0.25) is 11.8 Å². The van der Waals surface area contributed by atoms with E-state index in [-0.39, 0.29) is 18.4 Å². The predicted octanol–water partition coefficient (Wildman–Crippen LogP) is 0.548. The number of rotatable bonds is 5. The first-order valence-electron chi connectivity index (χ1n) is 8.11. The number of aryl methyl sites for hydroxylation is 1. The van der Waals surface area contributed by atoms with Crippen molar-refractivity contribution in [2.45, 2.75) is 38.8 Å². The van der Waals surface area contributed by atoms with Gasteiger partial charge in [-0.25, -0.2) is 4.98 Å². The minimum Gasteiger partial charge on any atom is -0.345 e. The van der Waals surface area contributed by atoms with Gasteiger partial charge in [-0.1, -0.05) is 24.9 Å². The molecule has 7 nitrogen and oxygen atoms in total. The van der Waals surface area contributed by atoms with E-state index in [9.17, 15) is 9.59 Å². The molecule has 1 aromatic rings. The number of halogens is 1. The van der Waals surface area contributed by atoms with Crippen molar-refractivity contribution in [1.29, 1.82) is 0 Å². The van der Waals surface area contributed by atoms with Crippen molar-refractivity contribution in [2.24, 2.45) is 0 Å². The van der Waals surface area contributed by atoms with Gasteiger partial charge in [0, 0.05) is 32.6 Å². The molecule has 2 fully saturated rings. The molecule has 8 heteroatoms. The minimum atomic E-state index is -0.397. The van der Waals surface area contributed by atoms with Crippen LogP contribution in [0.3, 0.4) is 0 Å². The van der Waals surface area contributed by atoms with Crippen LogP contribution in [0.5, 0.6) is 0 Å². The third-order valence-corrected chi connectivity index (χ3v) is 4.74. The summed E-state index contributed by atoms with van der Waals surface area (Å²) < 4.78 is 0. The molecule has 0 aromatic carbocycles. The summed E-state index contributed by atoms with van der Waals surface area (Å²) in [5, 5.41) is 3.15. The molecular weight excluding hydrogens is 318 g/mol. The van der Waals surface area contributed by atoms with Crippen LogP contribution in [0.15, 0.2) is 0 Å². The highest BCUT2D eigenvalue weighted by molar-refractivity contribution is 6.30. The number of piperazine rings is 2. The number of amides is 2. The Morgan fingerprint density at radius 1 is 1.35 bits per heavy atom. The number of imidazole rings is 1. The first kappa shape index (κ1) is 16.3. The Bertz CT molecular complexity index is 603. The number of H-pyrrole nitrogens is 1. The topological polar surface area (TPSA) is 81.3 Å². The molecule has 0 radical (unpaired) electrons. The number of aromatic nitrogens is 2. The quantitative estimate of drug-likeness (QED) is 0.821. The van der Waals surface area contributed by atoms with E-state index in [1.807, 2.05) is 0 Å². The van der Waals surface area contributed by atoms with Crippen molar-refractivity contribution >= 4 is 23.4 Å². The summed E-state index contributed by atoms with van der Waals surface area (Å²) in [5.41, 5.74) is 0.883. The van der Waals surface area contributed by atoms with Crippen LogP contribution in [-0.2, 0) is 22.6 Å². The predicted molar refractivity (Wildman–Crippen MR) is 86.0 cm³/mol. The van der Waals surface area contributed by atoms with Gasteiger partial charge < -0.3 is 15.2 Å². The average molecular weight is 340 g/mol. The highest BCUT2D eigenvalue weighted by atomic mass is 35.5. The number of carbonyl (C=O) groups is 2. The van der Waals surface area contributed by atoms with Crippen molar-refractivity contribution < 1.29 is 9.59 Å². The molecule has 126 valence electrons. The molecule has 3 rings (SSSR count). The van der Waals surface area contributed by atoms with Crippen LogP contribution in [0.2, 0.25) is 5.15 Å². The maximum Gasteiger partial charge on any atom is 0.244 e. The van der Waals surface area contributed by atoms with Gasteiger partial charge in [-0.3, -0.25) is 14.5 Å². The van der Waals surface area contributed by atoms with Crippen molar-refractivity contribution in [2.75, 3.05) is 26.2 Å². The SMILES string of the molecule is CCCCc1nc(Cl)c(CN2CCN3C(=O)CNC(=O)[C@H]3C2)[nH]1. The number of carbonyl (C=O) groups excluding carboxylic acids is 2. The smallest absolute Gasteiger partial charge is 0.244 e. The lowest BCUT2D eigenvalue weighted by Gasteiger charge is -2.42. The van der Waals surface area contributed by atoms with Crippen LogP contribution in [0, 0.1) is 0 Å². The first-order valence-corrected chi connectivity index (χ1v) is 8.49. The molecule has 1 aromatic heterocycles. The normalized spacial score (nSPS) is 22.2. The molecule has 1 atom stereocenters. The standard InChI is InChI=1S/C15H22ClN5O2/c1-2-3-4-12-18-10(14(16)19-12)8-20-5-6-21-11(9-20)15(23)17-7-13(21)22/h11H,2-9H2,1H3,(H,17,23)(H,18,19)/t11-/m1/s1. The van der Waals surface area contributed by atoms with E-state index in [1.165, 1.54) is 0 Å².